The van der Waals surface area contributed by atoms with Crippen LogP contribution >= 0.6 is 12.4 Å². The molecule has 2 atom stereocenters. The number of piperidine rings is 1. The Labute approximate surface area is 162 Å². The van der Waals surface area contributed by atoms with Crippen molar-refractivity contribution in [1.82, 2.24) is 15.5 Å². The van der Waals surface area contributed by atoms with E-state index in [9.17, 15) is 19.2 Å². The molecule has 3 aliphatic rings. The number of nitrogens with zero attached hydrogens (tertiary/aromatic N) is 1. The number of carbonyl (C=O) groups excluding carboxylic acids is 4. The maximum Gasteiger partial charge on any atom is 0.243 e. The molecule has 144 valence electrons. The third-order valence-corrected chi connectivity index (χ3v) is 5.14. The summed E-state index contributed by atoms with van der Waals surface area (Å²) < 4.78 is 5.85. The Morgan fingerprint density at radius 1 is 1.26 bits per heavy atom. The largest absolute Gasteiger partial charge is 0.488 e. The van der Waals surface area contributed by atoms with Gasteiger partial charge < -0.3 is 10.1 Å². The first-order valence-corrected chi connectivity index (χ1v) is 8.65. The number of ketones is 1. The molecule has 3 aliphatic heterocycles. The number of hydrogen-bond donors (Lipinski definition) is 2. The second kappa shape index (κ2) is 7.75. The first-order valence-electron chi connectivity index (χ1n) is 8.65. The molecule has 2 amide bonds. The Balaban J connectivity index is 0.00000210. The molecule has 2 unspecified atom stereocenters. The average molecular weight is 394 g/mol. The van der Waals surface area contributed by atoms with Crippen LogP contribution < -0.4 is 15.4 Å². The van der Waals surface area contributed by atoms with Crippen LogP contribution in [-0.2, 0) is 25.7 Å². The van der Waals surface area contributed by atoms with Gasteiger partial charge in [0, 0.05) is 26.1 Å². The number of Topliss-reactive ketones (excluding diaryl/α,β-unsaturated/α-hetero) is 1. The van der Waals surface area contributed by atoms with E-state index in [1.165, 1.54) is 0 Å². The standard InChI is InChI=1S/C18H19N3O5.ClH/c22-9-15(23)17-13-5-11(26-12-6-19-7-12)2-1-10(13)8-21(17)14-3-4-16(24)20-18(14)25;/h1-2,5,9,12,14,17,19H,3-4,6-8H2,(H,20,24,25);1H. The van der Waals surface area contributed by atoms with Gasteiger partial charge in [-0.25, -0.2) is 0 Å². The number of ether oxygens (including phenoxy) is 1. The molecule has 3 heterocycles. The lowest BCUT2D eigenvalue weighted by molar-refractivity contribution is -0.141. The highest BCUT2D eigenvalue weighted by molar-refractivity contribution is 6.27. The van der Waals surface area contributed by atoms with Crippen LogP contribution in [-0.4, -0.2) is 54.0 Å². The van der Waals surface area contributed by atoms with Gasteiger partial charge in [0.25, 0.3) is 0 Å². The van der Waals surface area contributed by atoms with Gasteiger partial charge in [0.05, 0.1) is 6.04 Å². The van der Waals surface area contributed by atoms with E-state index in [0.29, 0.717) is 30.6 Å². The smallest absolute Gasteiger partial charge is 0.243 e. The number of halogens is 1. The lowest BCUT2D eigenvalue weighted by atomic mass is 9.99. The van der Waals surface area contributed by atoms with Crippen LogP contribution in [0.15, 0.2) is 18.2 Å². The zero-order chi connectivity index (χ0) is 18.3. The van der Waals surface area contributed by atoms with Crippen molar-refractivity contribution in [2.75, 3.05) is 13.1 Å². The summed E-state index contributed by atoms with van der Waals surface area (Å²) in [5.41, 5.74) is 1.57. The lowest BCUT2D eigenvalue weighted by Gasteiger charge is -2.32. The Morgan fingerprint density at radius 2 is 2.04 bits per heavy atom. The van der Waals surface area contributed by atoms with Crippen molar-refractivity contribution >= 4 is 36.3 Å². The number of imide groups is 1. The molecule has 0 aromatic heterocycles. The molecular formula is C18H20ClN3O5. The van der Waals surface area contributed by atoms with Crippen molar-refractivity contribution in [3.63, 3.8) is 0 Å². The lowest BCUT2D eigenvalue weighted by Crippen LogP contribution is -2.52. The fraction of sp³-hybridized carbons (Fsp3) is 0.444. The van der Waals surface area contributed by atoms with Crippen molar-refractivity contribution in [1.29, 1.82) is 0 Å². The second-order valence-corrected chi connectivity index (χ2v) is 6.82. The Morgan fingerprint density at radius 3 is 2.67 bits per heavy atom. The highest BCUT2D eigenvalue weighted by atomic mass is 35.5. The fourth-order valence-corrected chi connectivity index (χ4v) is 3.72. The molecule has 8 nitrogen and oxygen atoms in total. The molecule has 2 saturated heterocycles. The molecule has 4 rings (SSSR count). The predicted octanol–water partition coefficient (Wildman–Crippen LogP) is -0.111. The molecule has 0 aliphatic carbocycles. The topological polar surface area (TPSA) is 105 Å². The van der Waals surface area contributed by atoms with E-state index in [2.05, 4.69) is 10.6 Å². The Kier molecular flexibility index (Phi) is 5.59. The van der Waals surface area contributed by atoms with Gasteiger partial charge in [-0.15, -0.1) is 12.4 Å². The summed E-state index contributed by atoms with van der Waals surface area (Å²) >= 11 is 0. The summed E-state index contributed by atoms with van der Waals surface area (Å²) in [5.74, 6) is -0.694. The van der Waals surface area contributed by atoms with Crippen LogP contribution in [0.2, 0.25) is 0 Å². The molecule has 2 fully saturated rings. The van der Waals surface area contributed by atoms with E-state index in [1.54, 1.807) is 11.0 Å². The van der Waals surface area contributed by atoms with Crippen molar-refractivity contribution in [3.8, 4) is 5.75 Å². The van der Waals surface area contributed by atoms with Gasteiger partial charge in [0.15, 0.2) is 6.29 Å². The summed E-state index contributed by atoms with van der Waals surface area (Å²) in [6, 6.07) is 4.05. The van der Waals surface area contributed by atoms with Gasteiger partial charge in [-0.05, 0) is 29.7 Å². The molecule has 0 radical (unpaired) electrons. The third kappa shape index (κ3) is 3.60. The van der Waals surface area contributed by atoms with E-state index in [1.807, 2.05) is 12.1 Å². The maximum atomic E-state index is 12.3. The quantitative estimate of drug-likeness (QED) is 0.408. The SMILES string of the molecule is Cl.O=CC(=O)C1c2cc(OC3CNC3)ccc2CN1C1CCC(=O)NC1=O. The third-order valence-electron chi connectivity index (χ3n) is 5.14. The van der Waals surface area contributed by atoms with Crippen LogP contribution in [0.4, 0.5) is 0 Å². The summed E-state index contributed by atoms with van der Waals surface area (Å²) in [5, 5.41) is 5.44. The zero-order valence-electron chi connectivity index (χ0n) is 14.5. The van der Waals surface area contributed by atoms with E-state index in [4.69, 9.17) is 4.74 Å². The molecule has 9 heteroatoms. The maximum absolute atomic E-state index is 12.3. The summed E-state index contributed by atoms with van der Waals surface area (Å²) in [4.78, 5) is 48.9. The Bertz CT molecular complexity index is 795. The number of nitrogens with one attached hydrogen (secondary N) is 2. The van der Waals surface area contributed by atoms with E-state index in [-0.39, 0.29) is 30.8 Å². The van der Waals surface area contributed by atoms with Gasteiger partial charge in [0.2, 0.25) is 17.6 Å². The molecule has 1 aromatic rings. The van der Waals surface area contributed by atoms with Crippen LogP contribution in [0.3, 0.4) is 0 Å². The molecule has 0 spiro atoms. The number of amides is 2. The van der Waals surface area contributed by atoms with Crippen molar-refractivity contribution < 1.29 is 23.9 Å². The molecule has 0 saturated carbocycles. The van der Waals surface area contributed by atoms with Crippen LogP contribution in [0.25, 0.3) is 0 Å². The zero-order valence-corrected chi connectivity index (χ0v) is 15.3. The van der Waals surface area contributed by atoms with Crippen LogP contribution in [0.5, 0.6) is 5.75 Å². The number of hydrogen-bond acceptors (Lipinski definition) is 7. The van der Waals surface area contributed by atoms with Crippen molar-refractivity contribution in [3.05, 3.63) is 29.3 Å². The van der Waals surface area contributed by atoms with E-state index in [0.717, 1.165) is 18.7 Å². The normalized spacial score (nSPS) is 25.0. The van der Waals surface area contributed by atoms with Gasteiger partial charge in [0.1, 0.15) is 17.9 Å². The minimum absolute atomic E-state index is 0. The summed E-state index contributed by atoms with van der Waals surface area (Å²) in [6.45, 7) is 1.92. The highest BCUT2D eigenvalue weighted by Crippen LogP contribution is 2.39. The minimum atomic E-state index is -0.825. The van der Waals surface area contributed by atoms with Gasteiger partial charge in [-0.1, -0.05) is 6.07 Å². The van der Waals surface area contributed by atoms with Gasteiger partial charge >= 0.3 is 0 Å². The second-order valence-electron chi connectivity index (χ2n) is 6.82. The van der Waals surface area contributed by atoms with Gasteiger partial charge in [-0.2, -0.15) is 0 Å². The molecular weight excluding hydrogens is 374 g/mol. The molecule has 27 heavy (non-hydrogen) atoms. The predicted molar refractivity (Wildman–Crippen MR) is 96.5 cm³/mol. The fourth-order valence-electron chi connectivity index (χ4n) is 3.72. The number of benzene rings is 1. The van der Waals surface area contributed by atoms with Crippen LogP contribution in [0, 0.1) is 0 Å². The average Bonchev–Trinajstić information content (AvgIpc) is 2.95. The summed E-state index contributed by atoms with van der Waals surface area (Å²) in [6.07, 6.45) is 0.940. The minimum Gasteiger partial charge on any atom is -0.488 e. The van der Waals surface area contributed by atoms with Crippen LogP contribution in [0.1, 0.15) is 30.0 Å². The van der Waals surface area contributed by atoms with Crippen molar-refractivity contribution in [2.24, 2.45) is 0 Å². The Hall–Kier alpha value is -2.29. The van der Waals surface area contributed by atoms with E-state index >= 15 is 0 Å². The number of rotatable bonds is 5. The van der Waals surface area contributed by atoms with E-state index < -0.39 is 23.8 Å². The van der Waals surface area contributed by atoms with Crippen molar-refractivity contribution in [2.45, 2.75) is 37.6 Å². The number of carbonyl (C=O) groups is 4. The highest BCUT2D eigenvalue weighted by Gasteiger charge is 2.43. The molecule has 0 bridgehead atoms. The molecule has 2 N–H and O–H groups in total. The molecule has 1 aromatic carbocycles. The number of fused-ring (bicyclic) bond motifs is 1. The first-order chi connectivity index (χ1) is 12.6. The monoisotopic (exact) mass is 393 g/mol. The first kappa shape index (κ1) is 19.5. The summed E-state index contributed by atoms with van der Waals surface area (Å²) in [7, 11) is 0. The number of aldehydes is 1. The van der Waals surface area contributed by atoms with Gasteiger partial charge in [-0.3, -0.25) is 29.4 Å².